The summed E-state index contributed by atoms with van der Waals surface area (Å²) in [5, 5.41) is 2.55. The van der Waals surface area contributed by atoms with Crippen molar-refractivity contribution in [2.24, 2.45) is 5.92 Å². The number of hydrogen-bond donors (Lipinski definition) is 1. The molecule has 3 atom stereocenters. The van der Waals surface area contributed by atoms with Gasteiger partial charge in [-0.1, -0.05) is 18.5 Å². The quantitative estimate of drug-likeness (QED) is 0.633. The number of nitrogens with zero attached hydrogens (tertiary/aromatic N) is 2. The fourth-order valence-corrected chi connectivity index (χ4v) is 4.71. The van der Waals surface area contributed by atoms with Gasteiger partial charge in [0, 0.05) is 23.7 Å². The fourth-order valence-electron chi connectivity index (χ4n) is 4.56. The lowest BCUT2D eigenvalue weighted by molar-refractivity contribution is -0.128. The number of amides is 2. The SMILES string of the molecule is CC[C@@H]1CC[C@H](C(=O)NC(c2cc(F)c(Cl)cc2F)C2COC2)N1C(=O)c1cc(C)ccn1. The van der Waals surface area contributed by atoms with Crippen molar-refractivity contribution in [3.05, 3.63) is 63.9 Å². The number of carbonyl (C=O) groups excluding carboxylic acids is 2. The average Bonchev–Trinajstić information content (AvgIpc) is 3.18. The Kier molecular flexibility index (Phi) is 6.95. The van der Waals surface area contributed by atoms with E-state index in [1.54, 1.807) is 23.2 Å². The Morgan fingerprint density at radius 3 is 2.64 bits per heavy atom. The molecule has 0 bridgehead atoms. The lowest BCUT2D eigenvalue weighted by atomic mass is 9.90. The van der Waals surface area contributed by atoms with Gasteiger partial charge in [-0.2, -0.15) is 0 Å². The van der Waals surface area contributed by atoms with Crippen molar-refractivity contribution in [1.29, 1.82) is 0 Å². The van der Waals surface area contributed by atoms with Crippen LogP contribution in [0.2, 0.25) is 5.02 Å². The van der Waals surface area contributed by atoms with Gasteiger partial charge in [0.25, 0.3) is 5.91 Å². The summed E-state index contributed by atoms with van der Waals surface area (Å²) in [6.45, 7) is 4.46. The van der Waals surface area contributed by atoms with Gasteiger partial charge in [0.05, 0.1) is 24.3 Å². The van der Waals surface area contributed by atoms with Crippen LogP contribution in [-0.2, 0) is 9.53 Å². The fraction of sp³-hybridized carbons (Fsp3) is 0.458. The number of ether oxygens (including phenoxy) is 1. The molecule has 0 saturated carbocycles. The highest BCUT2D eigenvalue weighted by atomic mass is 35.5. The molecule has 2 aromatic rings. The summed E-state index contributed by atoms with van der Waals surface area (Å²) in [6, 6.07) is 3.79. The number of nitrogens with one attached hydrogen (secondary N) is 1. The number of hydrogen-bond acceptors (Lipinski definition) is 4. The monoisotopic (exact) mass is 477 g/mol. The van der Waals surface area contributed by atoms with Crippen molar-refractivity contribution >= 4 is 23.4 Å². The molecule has 0 spiro atoms. The van der Waals surface area contributed by atoms with E-state index in [1.165, 1.54) is 0 Å². The molecule has 2 aliphatic rings. The Morgan fingerprint density at radius 1 is 1.24 bits per heavy atom. The smallest absolute Gasteiger partial charge is 0.273 e. The summed E-state index contributed by atoms with van der Waals surface area (Å²) in [4.78, 5) is 32.5. The van der Waals surface area contributed by atoms with Gasteiger partial charge in [0.2, 0.25) is 5.91 Å². The molecule has 1 aromatic heterocycles. The van der Waals surface area contributed by atoms with Crippen LogP contribution in [0.25, 0.3) is 0 Å². The molecule has 2 fully saturated rings. The van der Waals surface area contributed by atoms with E-state index in [4.69, 9.17) is 16.3 Å². The minimum absolute atomic E-state index is 0.0156. The minimum Gasteiger partial charge on any atom is -0.381 e. The van der Waals surface area contributed by atoms with Crippen molar-refractivity contribution < 1.29 is 23.1 Å². The molecular formula is C24H26ClF2N3O3. The number of aromatic nitrogens is 1. The lowest BCUT2D eigenvalue weighted by Crippen LogP contribution is -2.52. The van der Waals surface area contributed by atoms with Crippen LogP contribution in [-0.4, -0.2) is 47.0 Å². The molecular weight excluding hydrogens is 452 g/mol. The summed E-state index contributed by atoms with van der Waals surface area (Å²) >= 11 is 5.71. The zero-order valence-electron chi connectivity index (χ0n) is 18.5. The van der Waals surface area contributed by atoms with Gasteiger partial charge < -0.3 is 15.0 Å². The molecule has 6 nitrogen and oxygen atoms in total. The summed E-state index contributed by atoms with van der Waals surface area (Å²) in [6.07, 6.45) is 3.41. The summed E-state index contributed by atoms with van der Waals surface area (Å²) in [5.41, 5.74) is 1.19. The third-order valence-electron chi connectivity index (χ3n) is 6.45. The standard InChI is InChI=1S/C24H26ClF2N3O3/c1-3-15-4-5-21(30(15)24(32)20-8-13(2)6-7-28-20)23(31)29-22(14-11-33-12-14)16-9-19(27)17(25)10-18(16)26/h6-10,14-15,21-22H,3-5,11-12H2,1-2H3,(H,29,31)/t15-,21-,22?/m1/s1. The van der Waals surface area contributed by atoms with Crippen LogP contribution in [0.5, 0.6) is 0 Å². The molecule has 9 heteroatoms. The van der Waals surface area contributed by atoms with Crippen LogP contribution < -0.4 is 5.32 Å². The third-order valence-corrected chi connectivity index (χ3v) is 6.74. The van der Waals surface area contributed by atoms with Crippen LogP contribution in [0.1, 0.15) is 53.8 Å². The first kappa shape index (κ1) is 23.6. The Bertz CT molecular complexity index is 1060. The van der Waals surface area contributed by atoms with Gasteiger partial charge in [0.1, 0.15) is 23.4 Å². The van der Waals surface area contributed by atoms with Gasteiger partial charge in [-0.05, 0) is 56.0 Å². The largest absolute Gasteiger partial charge is 0.381 e. The molecule has 2 saturated heterocycles. The topological polar surface area (TPSA) is 71.5 Å². The van der Waals surface area contributed by atoms with Crippen molar-refractivity contribution in [3.63, 3.8) is 0 Å². The molecule has 2 amide bonds. The third kappa shape index (κ3) is 4.73. The highest BCUT2D eigenvalue weighted by Crippen LogP contribution is 2.34. The van der Waals surface area contributed by atoms with Crippen molar-refractivity contribution in [2.45, 2.75) is 51.2 Å². The highest BCUT2D eigenvalue weighted by Gasteiger charge is 2.43. The first-order valence-electron chi connectivity index (χ1n) is 11.1. The number of carbonyl (C=O) groups is 2. The Labute approximate surface area is 196 Å². The number of rotatable bonds is 6. The van der Waals surface area contributed by atoms with E-state index < -0.39 is 29.6 Å². The number of halogens is 3. The van der Waals surface area contributed by atoms with Gasteiger partial charge in [-0.15, -0.1) is 0 Å². The summed E-state index contributed by atoms with van der Waals surface area (Å²) in [5.74, 6) is -2.39. The molecule has 176 valence electrons. The maximum Gasteiger partial charge on any atom is 0.273 e. The van der Waals surface area contributed by atoms with E-state index in [-0.39, 0.29) is 34.1 Å². The van der Waals surface area contributed by atoms with Crippen LogP contribution in [0, 0.1) is 24.5 Å². The molecule has 1 unspecified atom stereocenters. The van der Waals surface area contributed by atoms with E-state index in [2.05, 4.69) is 10.3 Å². The predicted octanol–water partition coefficient (Wildman–Crippen LogP) is 4.21. The molecule has 1 aromatic carbocycles. The lowest BCUT2D eigenvalue weighted by Gasteiger charge is -2.36. The van der Waals surface area contributed by atoms with Crippen LogP contribution in [0.15, 0.2) is 30.5 Å². The first-order chi connectivity index (χ1) is 15.8. The minimum atomic E-state index is -0.798. The average molecular weight is 478 g/mol. The van der Waals surface area contributed by atoms with Crippen LogP contribution in [0.3, 0.4) is 0 Å². The number of likely N-dealkylation sites (tertiary alicyclic amines) is 1. The van der Waals surface area contributed by atoms with E-state index in [9.17, 15) is 18.4 Å². The number of aryl methyl sites for hydroxylation is 1. The molecule has 2 aliphatic heterocycles. The summed E-state index contributed by atoms with van der Waals surface area (Å²) in [7, 11) is 0. The Hall–Kier alpha value is -2.58. The second-order valence-electron chi connectivity index (χ2n) is 8.66. The maximum absolute atomic E-state index is 14.7. The zero-order valence-corrected chi connectivity index (χ0v) is 19.2. The van der Waals surface area contributed by atoms with Crippen molar-refractivity contribution in [2.75, 3.05) is 13.2 Å². The molecule has 33 heavy (non-hydrogen) atoms. The zero-order chi connectivity index (χ0) is 23.7. The van der Waals surface area contributed by atoms with E-state index in [1.807, 2.05) is 13.8 Å². The second kappa shape index (κ2) is 9.73. The van der Waals surface area contributed by atoms with Crippen LogP contribution in [0.4, 0.5) is 8.78 Å². The van der Waals surface area contributed by atoms with Crippen LogP contribution >= 0.6 is 11.6 Å². The van der Waals surface area contributed by atoms with Gasteiger partial charge in [-0.3, -0.25) is 14.6 Å². The van der Waals surface area contributed by atoms with E-state index in [0.29, 0.717) is 32.5 Å². The van der Waals surface area contributed by atoms with E-state index >= 15 is 0 Å². The Morgan fingerprint density at radius 2 is 2.00 bits per heavy atom. The van der Waals surface area contributed by atoms with E-state index in [0.717, 1.165) is 17.7 Å². The predicted molar refractivity (Wildman–Crippen MR) is 119 cm³/mol. The molecule has 4 rings (SSSR count). The van der Waals surface area contributed by atoms with Gasteiger partial charge in [-0.25, -0.2) is 8.78 Å². The van der Waals surface area contributed by atoms with Crippen molar-refractivity contribution in [3.8, 4) is 0 Å². The van der Waals surface area contributed by atoms with Crippen molar-refractivity contribution in [1.82, 2.24) is 15.2 Å². The first-order valence-corrected chi connectivity index (χ1v) is 11.5. The molecule has 0 radical (unpaired) electrons. The number of benzene rings is 1. The second-order valence-corrected chi connectivity index (χ2v) is 9.06. The molecule has 0 aliphatic carbocycles. The van der Waals surface area contributed by atoms with Gasteiger partial charge in [0.15, 0.2) is 0 Å². The number of pyridine rings is 1. The highest BCUT2D eigenvalue weighted by molar-refractivity contribution is 6.30. The molecule has 3 heterocycles. The molecule has 1 N–H and O–H groups in total. The summed E-state index contributed by atoms with van der Waals surface area (Å²) < 4.78 is 34.1. The van der Waals surface area contributed by atoms with Gasteiger partial charge >= 0.3 is 0 Å². The maximum atomic E-state index is 14.7. The Balaban J connectivity index is 1.60. The normalized spacial score (nSPS) is 21.5.